The van der Waals surface area contributed by atoms with E-state index in [0.29, 0.717) is 11.4 Å². The van der Waals surface area contributed by atoms with Crippen LogP contribution in [-0.2, 0) is 10.0 Å². The monoisotopic (exact) mass is 490 g/mol. The number of imidazole rings is 1. The predicted molar refractivity (Wildman–Crippen MR) is 138 cm³/mol. The standard InChI is InChI=1S/C26H30N6O2S/c33-35(34,25-18-27-17-20-5-1-2-7-22(20)25)32-11-4-6-21(32)10-12-30-13-15-31(16-14-30)24-9-3-8-23-26(24)29-19-28-23/h1-3,5,7-9,17-19,21H,4,6,10-16H2,(H,28,29)/t21-/m0/s1. The summed E-state index contributed by atoms with van der Waals surface area (Å²) < 4.78 is 29.0. The number of aromatic nitrogens is 3. The van der Waals surface area contributed by atoms with E-state index >= 15 is 0 Å². The topological polar surface area (TPSA) is 85.4 Å². The van der Waals surface area contributed by atoms with E-state index in [1.807, 2.05) is 24.3 Å². The number of nitrogens with zero attached hydrogens (tertiary/aromatic N) is 5. The predicted octanol–water partition coefficient (Wildman–Crippen LogP) is 3.48. The fraction of sp³-hybridized carbons (Fsp3) is 0.385. The first-order valence-electron chi connectivity index (χ1n) is 12.4. The van der Waals surface area contributed by atoms with Gasteiger partial charge in [-0.05, 0) is 37.9 Å². The molecule has 35 heavy (non-hydrogen) atoms. The number of pyridine rings is 1. The van der Waals surface area contributed by atoms with Crippen molar-refractivity contribution in [3.8, 4) is 0 Å². The number of para-hydroxylation sites is 1. The smallest absolute Gasteiger partial charge is 0.245 e. The third kappa shape index (κ3) is 4.17. The molecule has 0 spiro atoms. The number of anilines is 1. The maximum Gasteiger partial charge on any atom is 0.245 e. The van der Waals surface area contributed by atoms with Crippen molar-refractivity contribution in [2.24, 2.45) is 0 Å². The SMILES string of the molecule is O=S(=O)(c1cncc2ccccc12)N1CCC[C@H]1CCN1CCN(c2cccc3[nH]cnc23)CC1. The van der Waals surface area contributed by atoms with Gasteiger partial charge in [-0.1, -0.05) is 30.3 Å². The van der Waals surface area contributed by atoms with Crippen molar-refractivity contribution in [2.75, 3.05) is 44.2 Å². The third-order valence-electron chi connectivity index (χ3n) is 7.46. The minimum absolute atomic E-state index is 0.0369. The second kappa shape index (κ2) is 9.22. The Labute approximate surface area is 205 Å². The fourth-order valence-electron chi connectivity index (χ4n) is 5.58. The van der Waals surface area contributed by atoms with E-state index in [2.05, 4.69) is 43.0 Å². The van der Waals surface area contributed by atoms with Gasteiger partial charge in [0.1, 0.15) is 10.4 Å². The summed E-state index contributed by atoms with van der Waals surface area (Å²) in [5, 5.41) is 1.60. The van der Waals surface area contributed by atoms with Gasteiger partial charge in [-0.25, -0.2) is 13.4 Å². The lowest BCUT2D eigenvalue weighted by molar-refractivity contribution is 0.232. The van der Waals surface area contributed by atoms with Crippen LogP contribution in [0.2, 0.25) is 0 Å². The second-order valence-corrected chi connectivity index (χ2v) is 11.3. The zero-order chi connectivity index (χ0) is 23.8. The molecule has 0 saturated carbocycles. The average molecular weight is 491 g/mol. The molecular formula is C26H30N6O2S. The molecule has 182 valence electrons. The highest BCUT2D eigenvalue weighted by Crippen LogP contribution is 2.31. The molecule has 2 aromatic heterocycles. The highest BCUT2D eigenvalue weighted by Gasteiger charge is 2.36. The highest BCUT2D eigenvalue weighted by atomic mass is 32.2. The molecule has 1 N–H and O–H groups in total. The first-order chi connectivity index (χ1) is 17.1. The average Bonchev–Trinajstić information content (AvgIpc) is 3.57. The van der Waals surface area contributed by atoms with Gasteiger partial charge in [0.15, 0.2) is 0 Å². The van der Waals surface area contributed by atoms with E-state index in [0.717, 1.165) is 73.8 Å². The molecule has 0 bridgehead atoms. The van der Waals surface area contributed by atoms with Gasteiger partial charge in [-0.2, -0.15) is 4.31 Å². The molecular weight excluding hydrogens is 460 g/mol. The Morgan fingerprint density at radius 3 is 2.71 bits per heavy atom. The number of piperazine rings is 1. The van der Waals surface area contributed by atoms with Crippen LogP contribution in [0.5, 0.6) is 0 Å². The minimum atomic E-state index is -3.59. The van der Waals surface area contributed by atoms with Gasteiger partial charge in [-0.15, -0.1) is 0 Å². The molecule has 1 atom stereocenters. The van der Waals surface area contributed by atoms with Crippen LogP contribution in [0.15, 0.2) is 66.1 Å². The summed E-state index contributed by atoms with van der Waals surface area (Å²) in [7, 11) is -3.59. The number of nitrogens with one attached hydrogen (secondary N) is 1. The molecule has 0 radical (unpaired) electrons. The lowest BCUT2D eigenvalue weighted by Gasteiger charge is -2.37. The van der Waals surface area contributed by atoms with Crippen molar-refractivity contribution in [2.45, 2.75) is 30.2 Å². The zero-order valence-electron chi connectivity index (χ0n) is 19.7. The van der Waals surface area contributed by atoms with Crippen LogP contribution in [0, 0.1) is 0 Å². The summed E-state index contributed by atoms with van der Waals surface area (Å²) in [4.78, 5) is 17.1. The second-order valence-electron chi connectivity index (χ2n) is 9.46. The van der Waals surface area contributed by atoms with E-state index in [1.165, 1.54) is 11.9 Å². The molecule has 4 aromatic rings. The maximum atomic E-state index is 13.7. The number of sulfonamides is 1. The van der Waals surface area contributed by atoms with Gasteiger partial charge >= 0.3 is 0 Å². The number of benzene rings is 2. The van der Waals surface area contributed by atoms with Crippen LogP contribution in [0.1, 0.15) is 19.3 Å². The number of H-pyrrole nitrogens is 1. The fourth-order valence-corrected chi connectivity index (χ4v) is 7.47. The normalized spacial score (nSPS) is 20.2. The van der Waals surface area contributed by atoms with Crippen LogP contribution in [0.3, 0.4) is 0 Å². The Balaban J connectivity index is 1.11. The van der Waals surface area contributed by atoms with E-state index in [1.54, 1.807) is 16.8 Å². The van der Waals surface area contributed by atoms with Crippen LogP contribution in [0.4, 0.5) is 5.69 Å². The summed E-state index contributed by atoms with van der Waals surface area (Å²) in [5.74, 6) is 0. The summed E-state index contributed by atoms with van der Waals surface area (Å²) in [5.41, 5.74) is 3.27. The molecule has 9 heteroatoms. The summed E-state index contributed by atoms with van der Waals surface area (Å²) >= 11 is 0. The number of aromatic amines is 1. The molecule has 6 rings (SSSR count). The first-order valence-corrected chi connectivity index (χ1v) is 13.8. The van der Waals surface area contributed by atoms with E-state index in [-0.39, 0.29) is 6.04 Å². The quantitative estimate of drug-likeness (QED) is 0.446. The zero-order valence-corrected chi connectivity index (χ0v) is 20.5. The Bertz CT molecular complexity index is 1440. The summed E-state index contributed by atoms with van der Waals surface area (Å²) in [6.07, 6.45) is 7.66. The molecule has 0 aliphatic carbocycles. The van der Waals surface area contributed by atoms with Gasteiger partial charge in [0.05, 0.1) is 17.5 Å². The lowest BCUT2D eigenvalue weighted by Crippen LogP contribution is -2.47. The molecule has 0 unspecified atom stereocenters. The van der Waals surface area contributed by atoms with Crippen molar-refractivity contribution in [1.82, 2.24) is 24.2 Å². The van der Waals surface area contributed by atoms with Crippen LogP contribution < -0.4 is 4.90 Å². The number of fused-ring (bicyclic) bond motifs is 2. The maximum absolute atomic E-state index is 13.7. The molecule has 2 aromatic carbocycles. The van der Waals surface area contributed by atoms with E-state index in [9.17, 15) is 8.42 Å². The molecule has 2 fully saturated rings. The molecule has 4 heterocycles. The largest absolute Gasteiger partial charge is 0.367 e. The lowest BCUT2D eigenvalue weighted by atomic mass is 10.1. The molecule has 2 aliphatic rings. The van der Waals surface area contributed by atoms with Crippen molar-refractivity contribution in [3.05, 3.63) is 61.2 Å². The van der Waals surface area contributed by atoms with Gasteiger partial charge in [-0.3, -0.25) is 9.88 Å². The Hall–Kier alpha value is -3.01. The van der Waals surface area contributed by atoms with E-state index in [4.69, 9.17) is 0 Å². The van der Waals surface area contributed by atoms with Crippen molar-refractivity contribution < 1.29 is 8.42 Å². The summed E-state index contributed by atoms with van der Waals surface area (Å²) in [6.45, 7) is 5.31. The van der Waals surface area contributed by atoms with Gasteiger partial charge in [0.2, 0.25) is 10.0 Å². The Morgan fingerprint density at radius 2 is 1.83 bits per heavy atom. The van der Waals surface area contributed by atoms with E-state index < -0.39 is 10.0 Å². The first kappa shape index (κ1) is 22.5. The van der Waals surface area contributed by atoms with Crippen molar-refractivity contribution >= 4 is 37.5 Å². The van der Waals surface area contributed by atoms with Crippen molar-refractivity contribution in [1.29, 1.82) is 0 Å². The highest BCUT2D eigenvalue weighted by molar-refractivity contribution is 7.89. The summed E-state index contributed by atoms with van der Waals surface area (Å²) in [6, 6.07) is 13.9. The van der Waals surface area contributed by atoms with Crippen LogP contribution in [-0.4, -0.2) is 77.9 Å². The van der Waals surface area contributed by atoms with Crippen LogP contribution >= 0.6 is 0 Å². The minimum Gasteiger partial charge on any atom is -0.367 e. The van der Waals surface area contributed by atoms with Gasteiger partial charge in [0, 0.05) is 61.9 Å². The molecule has 2 aliphatic heterocycles. The number of hydrogen-bond acceptors (Lipinski definition) is 6. The Morgan fingerprint density at radius 1 is 0.971 bits per heavy atom. The third-order valence-corrected chi connectivity index (χ3v) is 9.44. The van der Waals surface area contributed by atoms with Gasteiger partial charge < -0.3 is 9.88 Å². The molecule has 2 saturated heterocycles. The number of rotatable bonds is 6. The van der Waals surface area contributed by atoms with Crippen LogP contribution in [0.25, 0.3) is 21.8 Å². The van der Waals surface area contributed by atoms with Gasteiger partial charge in [0.25, 0.3) is 0 Å². The Kier molecular flexibility index (Phi) is 5.91. The molecule has 8 nitrogen and oxygen atoms in total. The molecule has 0 amide bonds. The number of hydrogen-bond donors (Lipinski definition) is 1. The van der Waals surface area contributed by atoms with Crippen molar-refractivity contribution in [3.63, 3.8) is 0 Å².